The van der Waals surface area contributed by atoms with Crippen LogP contribution < -0.4 is 5.32 Å². The van der Waals surface area contributed by atoms with Crippen LogP contribution in [0.2, 0.25) is 0 Å². The maximum absolute atomic E-state index is 13.4. The molecule has 1 N–H and O–H groups in total. The average molecular weight is 481 g/mol. The molecule has 0 bridgehead atoms. The summed E-state index contributed by atoms with van der Waals surface area (Å²) in [5, 5.41) is 7.46. The van der Waals surface area contributed by atoms with Crippen molar-refractivity contribution in [2.45, 2.75) is 37.3 Å². The lowest BCUT2D eigenvalue weighted by Crippen LogP contribution is -2.29. The van der Waals surface area contributed by atoms with Crippen molar-refractivity contribution in [1.29, 1.82) is 0 Å². The van der Waals surface area contributed by atoms with Gasteiger partial charge in [-0.25, -0.2) is 22.5 Å². The molecule has 0 radical (unpaired) electrons. The van der Waals surface area contributed by atoms with E-state index in [2.05, 4.69) is 15.4 Å². The molecule has 2 aromatic heterocycles. The maximum atomic E-state index is 13.4. The van der Waals surface area contributed by atoms with Crippen molar-refractivity contribution in [3.8, 4) is 5.69 Å². The number of sulfone groups is 1. The van der Waals surface area contributed by atoms with Gasteiger partial charge in [0.05, 0.1) is 23.6 Å². The van der Waals surface area contributed by atoms with Crippen molar-refractivity contribution >= 4 is 27.4 Å². The number of carbonyl (C=O) groups excluding carboxylic acids is 1. The molecular weight excluding hydrogens is 455 g/mol. The molecule has 1 aliphatic rings. The van der Waals surface area contributed by atoms with Crippen LogP contribution in [0.4, 0.5) is 4.39 Å². The Bertz CT molecular complexity index is 1380. The summed E-state index contributed by atoms with van der Waals surface area (Å²) < 4.78 is 38.9. The molecule has 2 heterocycles. The van der Waals surface area contributed by atoms with Gasteiger partial charge in [0, 0.05) is 23.6 Å². The summed E-state index contributed by atoms with van der Waals surface area (Å²) in [7, 11) is -3.47. The predicted molar refractivity (Wildman–Crippen MR) is 128 cm³/mol. The molecule has 0 fully saturated rings. The van der Waals surface area contributed by atoms with Gasteiger partial charge in [0.15, 0.2) is 14.9 Å². The molecule has 1 aliphatic carbocycles. The summed E-state index contributed by atoms with van der Waals surface area (Å²) in [5.41, 5.74) is 3.23. The third-order valence-electron chi connectivity index (χ3n) is 5.62. The van der Waals surface area contributed by atoms with Crippen LogP contribution in [0.5, 0.6) is 0 Å². The summed E-state index contributed by atoms with van der Waals surface area (Å²) >= 11 is 0. The maximum Gasteiger partial charge on any atom is 0.252 e. The number of benzene rings is 1. The van der Waals surface area contributed by atoms with E-state index in [9.17, 15) is 17.6 Å². The van der Waals surface area contributed by atoms with Crippen molar-refractivity contribution in [2.24, 2.45) is 0 Å². The fourth-order valence-electron chi connectivity index (χ4n) is 3.86. The number of nitrogens with one attached hydrogen (secondary N) is 1. The van der Waals surface area contributed by atoms with Gasteiger partial charge in [-0.15, -0.1) is 0 Å². The van der Waals surface area contributed by atoms with Crippen LogP contribution in [0, 0.1) is 5.82 Å². The molecule has 1 aromatic carbocycles. The molecule has 0 saturated heterocycles. The first-order valence-corrected chi connectivity index (χ1v) is 12.8. The third kappa shape index (κ3) is 4.99. The smallest absolute Gasteiger partial charge is 0.252 e. The molecule has 34 heavy (non-hydrogen) atoms. The Morgan fingerprint density at radius 1 is 1.21 bits per heavy atom. The molecule has 1 atom stereocenters. The van der Waals surface area contributed by atoms with Crippen LogP contribution in [-0.4, -0.2) is 35.3 Å². The Kier molecular flexibility index (Phi) is 6.74. The molecule has 0 spiro atoms. The van der Waals surface area contributed by atoms with Gasteiger partial charge in [-0.2, -0.15) is 5.10 Å². The summed E-state index contributed by atoms with van der Waals surface area (Å²) in [5.74, 6) is -0.616. The highest BCUT2D eigenvalue weighted by molar-refractivity contribution is 7.90. The monoisotopic (exact) mass is 480 g/mol. The first-order chi connectivity index (χ1) is 16.3. The number of carbonyl (C=O) groups is 1. The summed E-state index contributed by atoms with van der Waals surface area (Å²) in [4.78, 5) is 17.3. The Morgan fingerprint density at radius 3 is 2.68 bits per heavy atom. The number of nitrogens with zero attached hydrogens (tertiary/aromatic N) is 3. The minimum Gasteiger partial charge on any atom is -0.345 e. The number of hydrogen-bond acceptors (Lipinski definition) is 5. The number of pyridine rings is 1. The van der Waals surface area contributed by atoms with Crippen LogP contribution in [0.1, 0.15) is 49.0 Å². The molecule has 3 aromatic rings. The minimum atomic E-state index is -3.47. The van der Waals surface area contributed by atoms with E-state index in [4.69, 9.17) is 0 Å². The zero-order valence-electron chi connectivity index (χ0n) is 18.9. The Balaban J connectivity index is 1.66. The fraction of sp³-hybridized carbons (Fsp3) is 0.240. The molecule has 1 unspecified atom stereocenters. The first-order valence-electron chi connectivity index (χ1n) is 11.0. The lowest BCUT2D eigenvalue weighted by Gasteiger charge is -2.19. The van der Waals surface area contributed by atoms with Crippen molar-refractivity contribution in [2.75, 3.05) is 6.26 Å². The molecule has 4 rings (SSSR count). The largest absolute Gasteiger partial charge is 0.345 e. The predicted octanol–water partition coefficient (Wildman–Crippen LogP) is 4.27. The number of halogens is 1. The normalized spacial score (nSPS) is 14.5. The van der Waals surface area contributed by atoms with E-state index in [-0.39, 0.29) is 16.8 Å². The van der Waals surface area contributed by atoms with Crippen LogP contribution in [0.3, 0.4) is 0 Å². The van der Waals surface area contributed by atoms with Crippen molar-refractivity contribution in [3.05, 3.63) is 83.6 Å². The quantitative estimate of drug-likeness (QED) is 0.569. The molecule has 1 amide bonds. The Labute approximate surface area is 198 Å². The highest BCUT2D eigenvalue weighted by Gasteiger charge is 2.23. The second kappa shape index (κ2) is 9.72. The van der Waals surface area contributed by atoms with E-state index in [0.29, 0.717) is 35.2 Å². The topological polar surface area (TPSA) is 93.9 Å². The first kappa shape index (κ1) is 23.6. The lowest BCUT2D eigenvalue weighted by molar-refractivity contribution is -0.116. The van der Waals surface area contributed by atoms with E-state index in [1.807, 2.05) is 25.2 Å². The number of hydrogen-bond donors (Lipinski definition) is 1. The summed E-state index contributed by atoms with van der Waals surface area (Å²) in [6, 6.07) is 8.81. The second-order valence-electron chi connectivity index (χ2n) is 8.06. The van der Waals surface area contributed by atoms with Crippen LogP contribution in [-0.2, 0) is 14.6 Å². The number of rotatable bonds is 6. The zero-order chi connectivity index (χ0) is 24.3. The van der Waals surface area contributed by atoms with Crippen molar-refractivity contribution < 1.29 is 17.6 Å². The highest BCUT2D eigenvalue weighted by Crippen LogP contribution is 2.28. The van der Waals surface area contributed by atoms with E-state index in [1.165, 1.54) is 24.4 Å². The minimum absolute atomic E-state index is 0.0316. The van der Waals surface area contributed by atoms with Gasteiger partial charge < -0.3 is 5.32 Å². The van der Waals surface area contributed by atoms with E-state index in [1.54, 1.807) is 29.1 Å². The van der Waals surface area contributed by atoms with Gasteiger partial charge in [0.2, 0.25) is 0 Å². The average Bonchev–Trinajstić information content (AvgIpc) is 3.20. The molecular formula is C25H25FN4O3S. The standard InChI is InChI=1S/C25H25FN4O3S/c1-3-22(17-13-14-27-24(15-17)34(2,32)33)29-25(31)20-7-5-4-6-8-23-21(20)16-28-30(23)19-11-9-18(26)10-12-19/h6-16,22H,3-5H2,1-2H3,(H,29,31). The number of aromatic nitrogens is 3. The fourth-order valence-corrected chi connectivity index (χ4v) is 4.46. The van der Waals surface area contributed by atoms with Crippen molar-refractivity contribution in [3.63, 3.8) is 0 Å². The van der Waals surface area contributed by atoms with Gasteiger partial charge in [-0.05, 0) is 67.3 Å². The zero-order valence-corrected chi connectivity index (χ0v) is 19.7. The van der Waals surface area contributed by atoms with E-state index in [0.717, 1.165) is 18.4 Å². The molecule has 0 saturated carbocycles. The van der Waals surface area contributed by atoms with Crippen molar-refractivity contribution in [1.82, 2.24) is 20.1 Å². The van der Waals surface area contributed by atoms with Crippen LogP contribution in [0.25, 0.3) is 17.3 Å². The van der Waals surface area contributed by atoms with Crippen LogP contribution in [0.15, 0.2) is 66.0 Å². The third-order valence-corrected chi connectivity index (χ3v) is 6.61. The van der Waals surface area contributed by atoms with Gasteiger partial charge in [0.25, 0.3) is 5.91 Å². The number of fused-ring (bicyclic) bond motifs is 1. The van der Waals surface area contributed by atoms with Gasteiger partial charge in [-0.3, -0.25) is 4.79 Å². The Morgan fingerprint density at radius 2 is 1.97 bits per heavy atom. The van der Waals surface area contributed by atoms with E-state index < -0.39 is 15.9 Å². The number of amides is 1. The van der Waals surface area contributed by atoms with Crippen LogP contribution >= 0.6 is 0 Å². The lowest BCUT2D eigenvalue weighted by atomic mass is 9.99. The molecule has 7 nitrogen and oxygen atoms in total. The van der Waals surface area contributed by atoms with Gasteiger partial charge >= 0.3 is 0 Å². The molecule has 176 valence electrons. The van der Waals surface area contributed by atoms with E-state index >= 15 is 0 Å². The Hall–Kier alpha value is -3.59. The highest BCUT2D eigenvalue weighted by atomic mass is 32.2. The van der Waals surface area contributed by atoms with Gasteiger partial charge in [0.1, 0.15) is 5.82 Å². The van der Waals surface area contributed by atoms with Gasteiger partial charge in [-0.1, -0.05) is 19.1 Å². The summed E-state index contributed by atoms with van der Waals surface area (Å²) in [6.07, 6.45) is 12.0. The second-order valence-corrected chi connectivity index (χ2v) is 10.0. The molecule has 0 aliphatic heterocycles. The molecule has 9 heteroatoms. The SMILES string of the molecule is CCC(NC(=O)C1=CCCC=Cc2c1cnn2-c1ccc(F)cc1)c1ccnc(S(C)(=O)=O)c1. The summed E-state index contributed by atoms with van der Waals surface area (Å²) in [6.45, 7) is 1.92. The number of allylic oxidation sites excluding steroid dienone is 2.